The largest absolute Gasteiger partial charge is 0.392 e. The second-order valence-corrected chi connectivity index (χ2v) is 11.4. The van der Waals surface area contributed by atoms with Crippen molar-refractivity contribution in [2.75, 3.05) is 6.61 Å². The van der Waals surface area contributed by atoms with Crippen LogP contribution in [0.15, 0.2) is 78.0 Å². The summed E-state index contributed by atoms with van der Waals surface area (Å²) in [5, 5.41) is 14.9. The predicted octanol–water partition coefficient (Wildman–Crippen LogP) is 5.00. The fraction of sp³-hybridized carbons (Fsp3) is 0.375. The number of benzene rings is 1. The number of aromatic amines is 2. The first-order chi connectivity index (χ1) is 18.3. The van der Waals surface area contributed by atoms with Gasteiger partial charge in [0.05, 0.1) is 12.3 Å². The number of hydrogen-bond donors (Lipinski definition) is 4. The number of aliphatic hydroxyl groups excluding tert-OH is 1. The van der Waals surface area contributed by atoms with Crippen molar-refractivity contribution in [2.45, 2.75) is 45.1 Å². The molecule has 2 aromatic heterocycles. The molecule has 1 aliphatic carbocycles. The summed E-state index contributed by atoms with van der Waals surface area (Å²) in [4.78, 5) is 34.3. The number of allylic oxidation sites excluding steroid dienone is 5. The number of hydrogen-bond acceptors (Lipinski definition) is 3. The molecule has 1 fully saturated rings. The molecule has 196 valence electrons. The zero-order valence-corrected chi connectivity index (χ0v) is 22.1. The molecule has 0 saturated carbocycles. The number of fused-ring (bicyclic) bond motifs is 3. The second kappa shape index (κ2) is 9.28. The Hall–Kier alpha value is -3.64. The summed E-state index contributed by atoms with van der Waals surface area (Å²) in [5.74, 6) is -0.288. The molecular weight excluding hydrogens is 474 g/mol. The van der Waals surface area contributed by atoms with Gasteiger partial charge in [0.15, 0.2) is 0 Å². The zero-order valence-electron chi connectivity index (χ0n) is 22.1. The van der Waals surface area contributed by atoms with E-state index in [2.05, 4.69) is 59.5 Å². The van der Waals surface area contributed by atoms with Gasteiger partial charge in [0.1, 0.15) is 5.41 Å². The highest BCUT2D eigenvalue weighted by atomic mass is 16.3. The molecule has 6 atom stereocenters. The molecule has 2 aliphatic heterocycles. The minimum absolute atomic E-state index is 0.0275. The van der Waals surface area contributed by atoms with E-state index >= 15 is 0 Å². The molecule has 1 spiro atoms. The van der Waals surface area contributed by atoms with Crippen LogP contribution in [-0.4, -0.2) is 39.4 Å². The maximum absolute atomic E-state index is 14.3. The van der Waals surface area contributed by atoms with E-state index in [1.165, 1.54) is 0 Å². The zero-order chi connectivity index (χ0) is 26.6. The number of carbonyl (C=O) groups is 2. The number of aliphatic hydroxyl groups is 1. The van der Waals surface area contributed by atoms with Crippen molar-refractivity contribution in [3.05, 3.63) is 95.0 Å². The van der Waals surface area contributed by atoms with Gasteiger partial charge < -0.3 is 20.4 Å². The summed E-state index contributed by atoms with van der Waals surface area (Å²) >= 11 is 0. The van der Waals surface area contributed by atoms with Crippen LogP contribution in [0.1, 0.15) is 48.9 Å². The van der Waals surface area contributed by atoms with Gasteiger partial charge in [-0.05, 0) is 66.5 Å². The van der Waals surface area contributed by atoms with E-state index in [4.69, 9.17) is 0 Å². The van der Waals surface area contributed by atoms with Crippen LogP contribution in [0.4, 0.5) is 0 Å². The second-order valence-electron chi connectivity index (χ2n) is 11.4. The molecule has 6 heteroatoms. The lowest BCUT2D eigenvalue weighted by Crippen LogP contribution is -2.51. The fourth-order valence-corrected chi connectivity index (χ4v) is 7.30. The van der Waals surface area contributed by atoms with Gasteiger partial charge in [-0.3, -0.25) is 9.59 Å². The van der Waals surface area contributed by atoms with Crippen molar-refractivity contribution >= 4 is 22.6 Å². The number of para-hydroxylation sites is 1. The SMILES string of the molecule is CC1=CC(C)CC=CC2C=C(CO)C(C)C3C(Cc4c[nH]c5ccccc45)NC(=O)C23c2ccc([nH]2)C1=O. The number of aromatic nitrogens is 2. The molecule has 38 heavy (non-hydrogen) atoms. The van der Waals surface area contributed by atoms with Gasteiger partial charge >= 0.3 is 0 Å². The molecule has 4 heterocycles. The maximum Gasteiger partial charge on any atom is 0.233 e. The molecule has 1 aromatic carbocycles. The minimum atomic E-state index is -0.913. The predicted molar refractivity (Wildman–Crippen MR) is 149 cm³/mol. The summed E-state index contributed by atoms with van der Waals surface area (Å²) < 4.78 is 0. The Labute approximate surface area is 222 Å². The number of carbonyl (C=O) groups excluding carboxylic acids is 2. The Bertz CT molecular complexity index is 1500. The number of ketones is 1. The third kappa shape index (κ3) is 3.65. The highest BCUT2D eigenvalue weighted by molar-refractivity contribution is 6.07. The Kier molecular flexibility index (Phi) is 6.03. The Morgan fingerprint density at radius 3 is 2.71 bits per heavy atom. The summed E-state index contributed by atoms with van der Waals surface area (Å²) in [6.45, 7) is 6.04. The Morgan fingerprint density at radius 2 is 1.89 bits per heavy atom. The number of Topliss-reactive ketones (excluding diaryl/α,β-unsaturated/α-hetero) is 1. The van der Waals surface area contributed by atoms with Crippen LogP contribution in [0.25, 0.3) is 10.9 Å². The Balaban J connectivity index is 1.52. The van der Waals surface area contributed by atoms with Crippen LogP contribution in [0, 0.1) is 23.7 Å². The summed E-state index contributed by atoms with van der Waals surface area (Å²) in [7, 11) is 0. The van der Waals surface area contributed by atoms with E-state index in [0.717, 1.165) is 34.2 Å². The lowest BCUT2D eigenvalue weighted by Gasteiger charge is -2.45. The monoisotopic (exact) mass is 509 g/mol. The molecule has 3 aromatic rings. The first-order valence-corrected chi connectivity index (χ1v) is 13.6. The lowest BCUT2D eigenvalue weighted by molar-refractivity contribution is -0.126. The van der Waals surface area contributed by atoms with Crippen LogP contribution in [0.3, 0.4) is 0 Å². The highest BCUT2D eigenvalue weighted by Crippen LogP contribution is 2.55. The third-order valence-corrected chi connectivity index (χ3v) is 9.11. The molecule has 2 bridgehead atoms. The van der Waals surface area contributed by atoms with Gasteiger partial charge in [-0.1, -0.05) is 56.4 Å². The number of rotatable bonds is 3. The average molecular weight is 510 g/mol. The van der Waals surface area contributed by atoms with Gasteiger partial charge in [-0.2, -0.15) is 0 Å². The van der Waals surface area contributed by atoms with Crippen molar-refractivity contribution in [3.63, 3.8) is 0 Å². The normalized spacial score (nSPS) is 31.1. The summed E-state index contributed by atoms with van der Waals surface area (Å²) in [5.41, 5.74) is 4.26. The van der Waals surface area contributed by atoms with Crippen molar-refractivity contribution in [1.82, 2.24) is 15.3 Å². The molecule has 6 rings (SSSR count). The first-order valence-electron chi connectivity index (χ1n) is 13.6. The van der Waals surface area contributed by atoms with E-state index in [0.29, 0.717) is 17.7 Å². The Morgan fingerprint density at radius 1 is 1.08 bits per heavy atom. The third-order valence-electron chi connectivity index (χ3n) is 9.11. The smallest absolute Gasteiger partial charge is 0.233 e. The number of nitrogens with one attached hydrogen (secondary N) is 3. The van der Waals surface area contributed by atoms with E-state index in [-0.39, 0.29) is 48.0 Å². The van der Waals surface area contributed by atoms with Gasteiger partial charge in [0.2, 0.25) is 11.7 Å². The van der Waals surface area contributed by atoms with Crippen molar-refractivity contribution < 1.29 is 14.7 Å². The molecule has 6 unspecified atom stereocenters. The van der Waals surface area contributed by atoms with Gasteiger partial charge in [-0.25, -0.2) is 0 Å². The van der Waals surface area contributed by atoms with Crippen LogP contribution in [0.5, 0.6) is 0 Å². The average Bonchev–Trinajstić information content (AvgIpc) is 3.62. The molecule has 3 aliphatic rings. The van der Waals surface area contributed by atoms with Crippen LogP contribution in [-0.2, 0) is 16.6 Å². The fourth-order valence-electron chi connectivity index (χ4n) is 7.30. The number of amides is 1. The molecule has 1 amide bonds. The van der Waals surface area contributed by atoms with Gasteiger partial charge in [-0.15, -0.1) is 0 Å². The summed E-state index contributed by atoms with van der Waals surface area (Å²) in [6.07, 6.45) is 11.9. The number of H-pyrrole nitrogens is 2. The van der Waals surface area contributed by atoms with Crippen molar-refractivity contribution in [3.8, 4) is 0 Å². The van der Waals surface area contributed by atoms with Gasteiger partial charge in [0, 0.05) is 40.7 Å². The maximum atomic E-state index is 14.3. The topological polar surface area (TPSA) is 98.0 Å². The lowest BCUT2D eigenvalue weighted by atomic mass is 9.55. The first kappa shape index (κ1) is 24.7. The van der Waals surface area contributed by atoms with Crippen molar-refractivity contribution in [2.24, 2.45) is 23.7 Å². The van der Waals surface area contributed by atoms with E-state index in [1.807, 2.05) is 43.5 Å². The molecule has 6 nitrogen and oxygen atoms in total. The standard InChI is InChI=1S/C32H35N3O3/c1-18-7-6-8-23-14-22(17-36)20(3)29-27(15-21-16-33-25-10-5-4-9-24(21)25)35-31(38)32(23,29)28-12-11-26(34-28)30(37)19(2)13-18/h4-6,8-14,16,18,20,23,27,29,33-34,36H,7,15,17H2,1-3H3,(H,35,38). The molecular formula is C32H35N3O3. The highest BCUT2D eigenvalue weighted by Gasteiger charge is 2.63. The van der Waals surface area contributed by atoms with Crippen LogP contribution >= 0.6 is 0 Å². The van der Waals surface area contributed by atoms with Crippen LogP contribution < -0.4 is 5.32 Å². The molecule has 4 N–H and O–H groups in total. The van der Waals surface area contributed by atoms with Crippen molar-refractivity contribution in [1.29, 1.82) is 0 Å². The van der Waals surface area contributed by atoms with E-state index in [1.54, 1.807) is 0 Å². The van der Waals surface area contributed by atoms with E-state index in [9.17, 15) is 14.7 Å². The van der Waals surface area contributed by atoms with E-state index < -0.39 is 5.41 Å². The molecule has 0 radical (unpaired) electrons. The summed E-state index contributed by atoms with van der Waals surface area (Å²) in [6, 6.07) is 11.8. The quantitative estimate of drug-likeness (QED) is 0.374. The molecule has 1 saturated heterocycles. The van der Waals surface area contributed by atoms with Crippen LogP contribution in [0.2, 0.25) is 0 Å². The minimum Gasteiger partial charge on any atom is -0.392 e. The van der Waals surface area contributed by atoms with Gasteiger partial charge in [0.25, 0.3) is 0 Å².